The van der Waals surface area contributed by atoms with Gasteiger partial charge in [-0.15, -0.1) is 0 Å². The van der Waals surface area contributed by atoms with Gasteiger partial charge in [-0.2, -0.15) is 0 Å². The van der Waals surface area contributed by atoms with E-state index < -0.39 is 10.0 Å². The number of nitrogens with one attached hydrogen (secondary N) is 2. The number of nitrogens with two attached hydrogens (primary N) is 1. The Morgan fingerprint density at radius 2 is 2.11 bits per heavy atom. The molecule has 7 heteroatoms. The minimum absolute atomic E-state index is 0.150. The van der Waals surface area contributed by atoms with Gasteiger partial charge < -0.3 is 10.7 Å². The number of rotatable bonds is 5. The SMILES string of the molecule is CCc1ncc(S(=O)(=O)NCC2CCC(N)CC2)[nH]1. The van der Waals surface area contributed by atoms with Crippen LogP contribution in [0.15, 0.2) is 11.2 Å². The van der Waals surface area contributed by atoms with Gasteiger partial charge in [-0.05, 0) is 31.6 Å². The molecule has 0 aliphatic heterocycles. The highest BCUT2D eigenvalue weighted by Gasteiger charge is 2.22. The zero-order valence-electron chi connectivity index (χ0n) is 11.2. The van der Waals surface area contributed by atoms with E-state index in [0.29, 0.717) is 24.7 Å². The Labute approximate surface area is 114 Å². The van der Waals surface area contributed by atoms with E-state index in [4.69, 9.17) is 5.73 Å². The highest BCUT2D eigenvalue weighted by molar-refractivity contribution is 7.89. The van der Waals surface area contributed by atoms with Crippen LogP contribution in [0, 0.1) is 5.92 Å². The molecule has 6 nitrogen and oxygen atoms in total. The summed E-state index contributed by atoms with van der Waals surface area (Å²) in [6.07, 6.45) is 6.01. The van der Waals surface area contributed by atoms with Crippen molar-refractivity contribution in [3.05, 3.63) is 12.0 Å². The van der Waals surface area contributed by atoms with Crippen LogP contribution in [0.2, 0.25) is 0 Å². The predicted octanol–water partition coefficient (Wildman–Crippen LogP) is 0.768. The van der Waals surface area contributed by atoms with Crippen molar-refractivity contribution in [3.63, 3.8) is 0 Å². The van der Waals surface area contributed by atoms with Gasteiger partial charge >= 0.3 is 0 Å². The Balaban J connectivity index is 1.90. The van der Waals surface area contributed by atoms with Crippen molar-refractivity contribution in [3.8, 4) is 0 Å². The zero-order chi connectivity index (χ0) is 13.9. The lowest BCUT2D eigenvalue weighted by atomic mass is 9.87. The number of imidazole rings is 1. The molecule has 2 rings (SSSR count). The molecule has 0 saturated heterocycles. The molecule has 1 heterocycles. The van der Waals surface area contributed by atoms with Gasteiger partial charge in [-0.3, -0.25) is 0 Å². The van der Waals surface area contributed by atoms with Crippen molar-refractivity contribution >= 4 is 10.0 Å². The van der Waals surface area contributed by atoms with Crippen molar-refractivity contribution in [2.45, 2.75) is 50.1 Å². The molecule has 0 radical (unpaired) electrons. The van der Waals surface area contributed by atoms with Gasteiger partial charge in [0, 0.05) is 19.0 Å². The normalized spacial score (nSPS) is 24.5. The third kappa shape index (κ3) is 3.77. The second kappa shape index (κ2) is 6.02. The first-order chi connectivity index (χ1) is 9.01. The molecule has 0 bridgehead atoms. The number of H-pyrrole nitrogens is 1. The van der Waals surface area contributed by atoms with Crippen LogP contribution < -0.4 is 10.5 Å². The van der Waals surface area contributed by atoms with E-state index >= 15 is 0 Å². The summed E-state index contributed by atoms with van der Waals surface area (Å²) in [7, 11) is -3.46. The lowest BCUT2D eigenvalue weighted by Gasteiger charge is -2.25. The van der Waals surface area contributed by atoms with Gasteiger partial charge in [-0.25, -0.2) is 18.1 Å². The summed E-state index contributed by atoms with van der Waals surface area (Å²) in [4.78, 5) is 6.83. The molecular formula is C12H22N4O2S. The molecule has 19 heavy (non-hydrogen) atoms. The summed E-state index contributed by atoms with van der Waals surface area (Å²) in [5.74, 6) is 1.08. The highest BCUT2D eigenvalue weighted by Crippen LogP contribution is 2.22. The van der Waals surface area contributed by atoms with Gasteiger partial charge in [0.05, 0.1) is 6.20 Å². The van der Waals surface area contributed by atoms with Gasteiger partial charge in [0.25, 0.3) is 10.0 Å². The first-order valence-corrected chi connectivity index (χ1v) is 8.28. The summed E-state index contributed by atoms with van der Waals surface area (Å²) in [6, 6.07) is 0.285. The molecule has 4 N–H and O–H groups in total. The largest absolute Gasteiger partial charge is 0.332 e. The standard InChI is InChI=1S/C12H22N4O2S/c1-2-11-14-8-12(16-11)19(17,18)15-7-9-3-5-10(13)6-4-9/h8-10,15H,2-7,13H2,1H3,(H,14,16). The molecule has 1 aromatic heterocycles. The summed E-state index contributed by atoms with van der Waals surface area (Å²) in [5, 5.41) is 0.150. The van der Waals surface area contributed by atoms with E-state index in [1.807, 2.05) is 6.92 Å². The first kappa shape index (κ1) is 14.5. The molecule has 0 unspecified atom stereocenters. The van der Waals surface area contributed by atoms with Gasteiger partial charge in [0.15, 0.2) is 5.03 Å². The molecule has 0 spiro atoms. The number of sulfonamides is 1. The average molecular weight is 286 g/mol. The van der Waals surface area contributed by atoms with Crippen LogP contribution in [0.5, 0.6) is 0 Å². The van der Waals surface area contributed by atoms with Crippen LogP contribution in [-0.4, -0.2) is 31.0 Å². The van der Waals surface area contributed by atoms with Crippen molar-refractivity contribution in [1.29, 1.82) is 0 Å². The summed E-state index contributed by atoms with van der Waals surface area (Å²) >= 11 is 0. The van der Waals surface area contributed by atoms with Crippen LogP contribution in [0.1, 0.15) is 38.4 Å². The molecule has 0 amide bonds. The quantitative estimate of drug-likeness (QED) is 0.744. The van der Waals surface area contributed by atoms with Crippen LogP contribution in [0.3, 0.4) is 0 Å². The Morgan fingerprint density at radius 1 is 1.42 bits per heavy atom. The van der Waals surface area contributed by atoms with E-state index in [0.717, 1.165) is 25.7 Å². The molecule has 1 aromatic rings. The van der Waals surface area contributed by atoms with Gasteiger partial charge in [0.1, 0.15) is 5.82 Å². The Morgan fingerprint density at radius 3 is 2.68 bits per heavy atom. The Kier molecular flexibility index (Phi) is 4.59. The average Bonchev–Trinajstić information content (AvgIpc) is 2.88. The highest BCUT2D eigenvalue weighted by atomic mass is 32.2. The van der Waals surface area contributed by atoms with Crippen molar-refractivity contribution < 1.29 is 8.42 Å². The molecule has 1 aliphatic carbocycles. The first-order valence-electron chi connectivity index (χ1n) is 6.80. The third-order valence-electron chi connectivity index (χ3n) is 3.68. The topological polar surface area (TPSA) is 101 Å². The van der Waals surface area contributed by atoms with Crippen molar-refractivity contribution in [1.82, 2.24) is 14.7 Å². The summed E-state index contributed by atoms with van der Waals surface area (Å²) in [5.41, 5.74) is 5.84. The lowest BCUT2D eigenvalue weighted by molar-refractivity contribution is 0.326. The van der Waals surface area contributed by atoms with E-state index in [-0.39, 0.29) is 11.1 Å². The lowest BCUT2D eigenvalue weighted by Crippen LogP contribution is -2.34. The fourth-order valence-electron chi connectivity index (χ4n) is 2.36. The molecule has 108 valence electrons. The number of aryl methyl sites for hydroxylation is 1. The second-order valence-electron chi connectivity index (χ2n) is 5.18. The molecule has 1 aliphatic rings. The maximum atomic E-state index is 12.1. The van der Waals surface area contributed by atoms with Crippen molar-refractivity contribution in [2.24, 2.45) is 11.7 Å². The molecule has 0 atom stereocenters. The summed E-state index contributed by atoms with van der Waals surface area (Å²) in [6.45, 7) is 2.41. The van der Waals surface area contributed by atoms with Crippen molar-refractivity contribution in [2.75, 3.05) is 6.54 Å². The van der Waals surface area contributed by atoms with E-state index in [1.54, 1.807) is 0 Å². The smallest absolute Gasteiger partial charge is 0.257 e. The number of hydrogen-bond acceptors (Lipinski definition) is 4. The monoisotopic (exact) mass is 286 g/mol. The van der Waals surface area contributed by atoms with E-state index in [9.17, 15) is 8.42 Å². The van der Waals surface area contributed by atoms with Crippen LogP contribution in [0.4, 0.5) is 0 Å². The molecule has 1 fully saturated rings. The van der Waals surface area contributed by atoms with Crippen LogP contribution in [0.25, 0.3) is 0 Å². The zero-order valence-corrected chi connectivity index (χ0v) is 12.0. The molecule has 1 saturated carbocycles. The van der Waals surface area contributed by atoms with E-state index in [1.165, 1.54) is 6.20 Å². The molecular weight excluding hydrogens is 264 g/mol. The minimum atomic E-state index is -3.46. The predicted molar refractivity (Wildman–Crippen MR) is 73.1 cm³/mol. The fraction of sp³-hybridized carbons (Fsp3) is 0.750. The fourth-order valence-corrected chi connectivity index (χ4v) is 3.41. The van der Waals surface area contributed by atoms with Gasteiger partial charge in [-0.1, -0.05) is 6.92 Å². The number of aromatic nitrogens is 2. The van der Waals surface area contributed by atoms with Gasteiger partial charge in [0.2, 0.25) is 0 Å². The summed E-state index contributed by atoms with van der Waals surface area (Å²) < 4.78 is 26.8. The second-order valence-corrected chi connectivity index (χ2v) is 6.92. The Hall–Kier alpha value is -0.920. The maximum Gasteiger partial charge on any atom is 0.257 e. The Bertz CT molecular complexity index is 504. The van der Waals surface area contributed by atoms with E-state index in [2.05, 4.69) is 14.7 Å². The maximum absolute atomic E-state index is 12.1. The minimum Gasteiger partial charge on any atom is -0.332 e. The molecule has 0 aromatic carbocycles. The number of nitrogens with zero attached hydrogens (tertiary/aromatic N) is 1. The van der Waals surface area contributed by atoms with Crippen LogP contribution >= 0.6 is 0 Å². The number of hydrogen-bond donors (Lipinski definition) is 3. The van der Waals surface area contributed by atoms with Crippen LogP contribution in [-0.2, 0) is 16.4 Å². The number of aromatic amines is 1. The third-order valence-corrected chi connectivity index (χ3v) is 5.02.